The third-order valence-electron chi connectivity index (χ3n) is 14.0. The van der Waals surface area contributed by atoms with Crippen molar-refractivity contribution in [2.75, 3.05) is 9.80 Å². The lowest BCUT2D eigenvalue weighted by atomic mass is 9.98. The Morgan fingerprint density at radius 1 is 0.403 bits per heavy atom. The van der Waals surface area contributed by atoms with Gasteiger partial charge in [0.15, 0.2) is 0 Å². The molecule has 4 nitrogen and oxygen atoms in total. The molecule has 0 fully saturated rings. The van der Waals surface area contributed by atoms with Gasteiger partial charge < -0.3 is 14.4 Å². The molecule has 72 heavy (non-hydrogen) atoms. The number of thiophene rings is 3. The van der Waals surface area contributed by atoms with Crippen LogP contribution in [0.4, 0.5) is 51.7 Å². The van der Waals surface area contributed by atoms with Crippen molar-refractivity contribution in [3.05, 3.63) is 218 Å². The molecule has 0 saturated carbocycles. The van der Waals surface area contributed by atoms with Gasteiger partial charge in [-0.3, -0.25) is 4.98 Å². The summed E-state index contributed by atoms with van der Waals surface area (Å²) in [5.41, 5.74) is 7.57. The quantitative estimate of drug-likeness (QED) is 0.117. The molecule has 15 rings (SSSR count). The van der Waals surface area contributed by atoms with Gasteiger partial charge in [-0.05, 0) is 133 Å². The van der Waals surface area contributed by atoms with Crippen molar-refractivity contribution in [3.8, 4) is 5.69 Å². The fourth-order valence-electron chi connectivity index (χ4n) is 10.9. The lowest BCUT2D eigenvalue weighted by Crippen LogP contribution is -2.11. The molecule has 0 atom stereocenters. The zero-order valence-electron chi connectivity index (χ0n) is 37.5. The van der Waals surface area contributed by atoms with Crippen molar-refractivity contribution < 1.29 is 17.6 Å². The van der Waals surface area contributed by atoms with Gasteiger partial charge in [0.25, 0.3) is 0 Å². The van der Waals surface area contributed by atoms with Crippen LogP contribution in [-0.2, 0) is 0 Å². The van der Waals surface area contributed by atoms with Crippen molar-refractivity contribution in [2.24, 2.45) is 0 Å². The highest BCUT2D eigenvalue weighted by molar-refractivity contribution is 7.27. The minimum absolute atomic E-state index is 0.246. The SMILES string of the molecule is Fc1ccc(N(c2ccccc2)c2ccc3sc4c(cc5c6c4ccc4cc7c8cc(N(c9ccccc9)c9ccc(F)cc9F)ccc8sc7c(c46)n5-c4ccc5sc6cccnc6c5c4)c3c2)c(F)c1. The van der Waals surface area contributed by atoms with Crippen LogP contribution >= 0.6 is 34.0 Å². The summed E-state index contributed by atoms with van der Waals surface area (Å²) in [5, 5.41) is 9.82. The largest absolute Gasteiger partial charge is 0.308 e. The van der Waals surface area contributed by atoms with E-state index in [9.17, 15) is 8.78 Å². The van der Waals surface area contributed by atoms with Crippen molar-refractivity contribution in [1.29, 1.82) is 0 Å². The van der Waals surface area contributed by atoms with E-state index in [1.54, 1.807) is 34.0 Å². The van der Waals surface area contributed by atoms with Crippen LogP contribution in [-0.4, -0.2) is 9.55 Å². The topological polar surface area (TPSA) is 24.3 Å². The van der Waals surface area contributed by atoms with Gasteiger partial charge in [-0.25, -0.2) is 17.6 Å². The van der Waals surface area contributed by atoms with Gasteiger partial charge in [0.1, 0.15) is 23.3 Å². The number of hydrogen-bond acceptors (Lipinski definition) is 6. The molecule has 0 spiro atoms. The van der Waals surface area contributed by atoms with E-state index in [0.29, 0.717) is 0 Å². The summed E-state index contributed by atoms with van der Waals surface area (Å²) in [6.45, 7) is 0. The van der Waals surface area contributed by atoms with E-state index >= 15 is 8.78 Å². The number of aromatic nitrogens is 2. The maximum atomic E-state index is 15.8. The van der Waals surface area contributed by atoms with Gasteiger partial charge in [0.2, 0.25) is 0 Å². The Kier molecular flexibility index (Phi) is 8.96. The lowest BCUT2D eigenvalue weighted by molar-refractivity contribution is 0.583. The monoisotopic (exact) mass is 992 g/mol. The smallest absolute Gasteiger partial charge is 0.150 e. The molecule has 0 saturated heterocycles. The molecule has 0 amide bonds. The summed E-state index contributed by atoms with van der Waals surface area (Å²) < 4.78 is 69.4. The van der Waals surface area contributed by atoms with E-state index in [-0.39, 0.29) is 11.4 Å². The number of hydrogen-bond donors (Lipinski definition) is 0. The highest BCUT2D eigenvalue weighted by atomic mass is 32.1. The first kappa shape index (κ1) is 41.4. The Bertz CT molecular complexity index is 4710. The molecular formula is C61H32F4N4S3. The number of para-hydroxylation sites is 2. The first-order chi connectivity index (χ1) is 35.3. The lowest BCUT2D eigenvalue weighted by Gasteiger charge is -2.26. The molecule has 0 aliphatic heterocycles. The highest BCUT2D eigenvalue weighted by Gasteiger charge is 2.27. The summed E-state index contributed by atoms with van der Waals surface area (Å²) >= 11 is 5.21. The Morgan fingerprint density at radius 3 is 1.64 bits per heavy atom. The average Bonchev–Trinajstić information content (AvgIpc) is 4.17. The normalized spacial score (nSPS) is 12.2. The summed E-state index contributed by atoms with van der Waals surface area (Å²) in [5.74, 6) is -2.59. The van der Waals surface area contributed by atoms with Gasteiger partial charge in [-0.1, -0.05) is 48.5 Å². The molecule has 5 heterocycles. The van der Waals surface area contributed by atoms with Gasteiger partial charge >= 0.3 is 0 Å². The maximum Gasteiger partial charge on any atom is 0.150 e. The van der Waals surface area contributed by atoms with E-state index in [1.165, 1.54) is 24.3 Å². The number of halogens is 4. The third-order valence-corrected chi connectivity index (χ3v) is 17.5. The molecule has 0 aliphatic carbocycles. The van der Waals surface area contributed by atoms with Crippen LogP contribution in [0.5, 0.6) is 0 Å². The molecule has 0 bridgehead atoms. The van der Waals surface area contributed by atoms with E-state index in [2.05, 4.69) is 77.4 Å². The molecule has 15 aromatic rings. The van der Waals surface area contributed by atoms with Crippen molar-refractivity contribution in [3.63, 3.8) is 0 Å². The summed E-state index contributed by atoms with van der Waals surface area (Å²) in [6.07, 6.45) is 1.85. The van der Waals surface area contributed by atoms with Crippen LogP contribution in [0.15, 0.2) is 194 Å². The number of fused-ring (bicyclic) bond motifs is 11. The minimum Gasteiger partial charge on any atom is -0.308 e. The zero-order valence-corrected chi connectivity index (χ0v) is 40.0. The van der Waals surface area contributed by atoms with E-state index in [1.807, 2.05) is 94.9 Å². The molecule has 0 unspecified atom stereocenters. The average molecular weight is 993 g/mol. The second kappa shape index (κ2) is 15.6. The second-order valence-corrected chi connectivity index (χ2v) is 21.2. The fraction of sp³-hybridized carbons (Fsp3) is 0. The maximum absolute atomic E-state index is 15.8. The Labute approximate surface area is 419 Å². The van der Waals surface area contributed by atoms with Crippen LogP contribution in [0.2, 0.25) is 0 Å². The van der Waals surface area contributed by atoms with E-state index in [4.69, 9.17) is 4.98 Å². The number of rotatable bonds is 7. The van der Waals surface area contributed by atoms with Gasteiger partial charge in [0, 0.05) is 109 Å². The predicted octanol–water partition coefficient (Wildman–Crippen LogP) is 19.4. The first-order valence-electron chi connectivity index (χ1n) is 23.3. The number of anilines is 6. The predicted molar refractivity (Wildman–Crippen MR) is 295 cm³/mol. The van der Waals surface area contributed by atoms with Crippen LogP contribution in [0.1, 0.15) is 0 Å². The van der Waals surface area contributed by atoms with Gasteiger partial charge in [-0.15, -0.1) is 34.0 Å². The van der Waals surface area contributed by atoms with Crippen molar-refractivity contribution >= 4 is 161 Å². The Balaban J connectivity index is 1.02. The fourth-order valence-corrected chi connectivity index (χ4v) is 14.4. The van der Waals surface area contributed by atoms with E-state index < -0.39 is 23.3 Å². The van der Waals surface area contributed by atoms with Gasteiger partial charge in [-0.2, -0.15) is 0 Å². The zero-order chi connectivity index (χ0) is 47.9. The molecule has 0 aliphatic rings. The summed E-state index contributed by atoms with van der Waals surface area (Å²) in [4.78, 5) is 8.54. The van der Waals surface area contributed by atoms with Crippen LogP contribution in [0.25, 0.3) is 98.9 Å². The Morgan fingerprint density at radius 2 is 1.00 bits per heavy atom. The van der Waals surface area contributed by atoms with Crippen LogP contribution in [0, 0.1) is 23.3 Å². The second-order valence-electron chi connectivity index (χ2n) is 18.0. The van der Waals surface area contributed by atoms with Crippen LogP contribution < -0.4 is 9.80 Å². The standard InChI is InChI=1S/C61H32F4N4S3/c62-34-14-20-49(47(64)27-34)67(36-8-3-1-4-9-36)38-17-23-53-42(29-38)44-26-33-13-19-41-57-51(69(59(56(33)57)61(44)72-53)40-18-24-54-46(31-40)58-55(70-54)12-7-25-66-58)32-45-43-30-39(16-22-52(43)71-60(41)45)68(37-10-5-2-6-11-37)50-21-15-35(63)28-48(50)65/h1-32H. The summed E-state index contributed by atoms with van der Waals surface area (Å²) in [7, 11) is 0. The molecule has 342 valence electrons. The molecule has 10 aromatic carbocycles. The van der Waals surface area contributed by atoms with Crippen molar-refractivity contribution in [1.82, 2.24) is 9.55 Å². The Hall–Kier alpha value is -8.35. The molecular weight excluding hydrogens is 961 g/mol. The number of pyridine rings is 1. The molecule has 5 aromatic heterocycles. The molecule has 0 radical (unpaired) electrons. The first-order valence-corrected chi connectivity index (χ1v) is 25.7. The third kappa shape index (κ3) is 6.11. The van der Waals surface area contributed by atoms with E-state index in [0.717, 1.165) is 134 Å². The van der Waals surface area contributed by atoms with Gasteiger partial charge in [0.05, 0.1) is 37.3 Å². The highest BCUT2D eigenvalue weighted by Crippen LogP contribution is 2.52. The minimum atomic E-state index is -0.657. The number of nitrogens with zero attached hydrogens (tertiary/aromatic N) is 4. The van der Waals surface area contributed by atoms with Crippen LogP contribution in [0.3, 0.4) is 0 Å². The molecule has 0 N–H and O–H groups in total. The summed E-state index contributed by atoms with van der Waals surface area (Å²) in [6, 6.07) is 59.0. The molecule has 11 heteroatoms. The van der Waals surface area contributed by atoms with Crippen molar-refractivity contribution in [2.45, 2.75) is 0 Å². The number of benzene rings is 10.